The lowest BCUT2D eigenvalue weighted by Crippen LogP contribution is -2.42. The molecule has 1 saturated heterocycles. The molecule has 2 amide bonds. The number of carbonyl (C=O) groups excluding carboxylic acids is 2. The first kappa shape index (κ1) is 24.9. The van der Waals surface area contributed by atoms with Crippen LogP contribution in [0.5, 0.6) is 0 Å². The maximum Gasteiger partial charge on any atom is 0.246 e. The first-order valence-electron chi connectivity index (χ1n) is 12.0. The summed E-state index contributed by atoms with van der Waals surface area (Å²) in [7, 11) is 0. The van der Waals surface area contributed by atoms with E-state index in [0.29, 0.717) is 36.2 Å². The minimum Gasteiger partial charge on any atom is -0.376 e. The van der Waals surface area contributed by atoms with Crippen molar-refractivity contribution in [2.75, 3.05) is 25.0 Å². The minimum absolute atomic E-state index is 0.0210. The van der Waals surface area contributed by atoms with E-state index in [1.54, 1.807) is 11.8 Å². The van der Waals surface area contributed by atoms with Crippen LogP contribution in [0.15, 0.2) is 48.7 Å². The summed E-state index contributed by atoms with van der Waals surface area (Å²) in [6.07, 6.45) is 4.08. The van der Waals surface area contributed by atoms with Crippen LogP contribution in [-0.4, -0.2) is 52.1 Å². The van der Waals surface area contributed by atoms with Crippen LogP contribution < -0.4 is 5.32 Å². The van der Waals surface area contributed by atoms with E-state index in [4.69, 9.17) is 21.3 Å². The van der Waals surface area contributed by atoms with Crippen molar-refractivity contribution in [3.05, 3.63) is 64.8 Å². The van der Waals surface area contributed by atoms with E-state index >= 15 is 0 Å². The number of amides is 2. The third kappa shape index (κ3) is 6.10. The Balaban J connectivity index is 1.61. The van der Waals surface area contributed by atoms with Crippen molar-refractivity contribution in [3.63, 3.8) is 0 Å². The molecule has 1 aliphatic rings. The van der Waals surface area contributed by atoms with Crippen molar-refractivity contribution in [1.29, 1.82) is 0 Å². The number of carbonyl (C=O) groups is 2. The first-order chi connectivity index (χ1) is 16.8. The molecule has 0 aliphatic carbocycles. The zero-order chi connectivity index (χ0) is 24.9. The Morgan fingerprint density at radius 3 is 2.60 bits per heavy atom. The van der Waals surface area contributed by atoms with E-state index in [9.17, 15) is 9.59 Å². The number of anilines is 1. The maximum atomic E-state index is 13.1. The first-order valence-corrected chi connectivity index (χ1v) is 12.3. The molecule has 1 N–H and O–H groups in total. The molecule has 3 aromatic rings. The van der Waals surface area contributed by atoms with E-state index in [-0.39, 0.29) is 24.5 Å². The van der Waals surface area contributed by atoms with Gasteiger partial charge in [0.25, 0.3) is 0 Å². The number of nitrogens with zero attached hydrogens (tertiary/aromatic N) is 3. The summed E-state index contributed by atoms with van der Waals surface area (Å²) in [5, 5.41) is 3.57. The number of aromatic nitrogens is 2. The number of imidazole rings is 1. The molecule has 35 heavy (non-hydrogen) atoms. The third-order valence-electron chi connectivity index (χ3n) is 6.30. The highest BCUT2D eigenvalue weighted by molar-refractivity contribution is 6.30. The average molecular weight is 495 g/mol. The minimum atomic E-state index is -0.303. The normalized spacial score (nSPS) is 15.3. The molecule has 1 aromatic heterocycles. The zero-order valence-corrected chi connectivity index (χ0v) is 21.1. The van der Waals surface area contributed by atoms with Crippen molar-refractivity contribution >= 4 is 29.4 Å². The van der Waals surface area contributed by atoms with E-state index < -0.39 is 0 Å². The number of rotatable bonds is 8. The molecule has 1 atom stereocenters. The second-order valence-electron chi connectivity index (χ2n) is 8.91. The van der Waals surface area contributed by atoms with Gasteiger partial charge in [-0.1, -0.05) is 36.7 Å². The Morgan fingerprint density at radius 2 is 1.94 bits per heavy atom. The van der Waals surface area contributed by atoms with E-state index in [0.717, 1.165) is 29.7 Å². The van der Waals surface area contributed by atoms with Crippen LogP contribution in [0.1, 0.15) is 37.3 Å². The summed E-state index contributed by atoms with van der Waals surface area (Å²) in [4.78, 5) is 31.9. The fraction of sp³-hybridized carbons (Fsp3) is 0.370. The lowest BCUT2D eigenvalue weighted by Gasteiger charge is -2.24. The standard InChI is InChI=1S/C27H31ClN4O3/c1-4-26(34)31(15-23-6-5-13-35-23)17-25(33)30-27-29-24(20-8-10-21(28)11-9-20)16-32(27)22-12-7-18(2)19(3)14-22/h7-12,14,16,23H,4-6,13,15,17H2,1-3H3,(H,29,30,33)/t23-/m0/s1. The van der Waals surface area contributed by atoms with Gasteiger partial charge in [0.05, 0.1) is 11.8 Å². The summed E-state index contributed by atoms with van der Waals surface area (Å²) >= 11 is 6.06. The Hall–Kier alpha value is -3.16. The number of halogens is 1. The van der Waals surface area contributed by atoms with Gasteiger partial charge in [-0.25, -0.2) is 4.98 Å². The number of ether oxygens (including phenoxy) is 1. The number of nitrogens with one attached hydrogen (secondary N) is 1. The number of benzene rings is 2. The summed E-state index contributed by atoms with van der Waals surface area (Å²) < 4.78 is 7.55. The third-order valence-corrected chi connectivity index (χ3v) is 6.56. The van der Waals surface area contributed by atoms with Crippen molar-refractivity contribution in [1.82, 2.24) is 14.5 Å². The van der Waals surface area contributed by atoms with E-state index in [1.807, 2.05) is 54.1 Å². The monoisotopic (exact) mass is 494 g/mol. The Kier molecular flexibility index (Phi) is 7.88. The highest BCUT2D eigenvalue weighted by Crippen LogP contribution is 2.26. The van der Waals surface area contributed by atoms with Crippen LogP contribution in [0.2, 0.25) is 5.02 Å². The summed E-state index contributed by atoms with van der Waals surface area (Å²) in [6, 6.07) is 13.5. The summed E-state index contributed by atoms with van der Waals surface area (Å²) in [6.45, 7) is 6.97. The van der Waals surface area contributed by atoms with Gasteiger partial charge < -0.3 is 9.64 Å². The molecule has 4 rings (SSSR count). The van der Waals surface area contributed by atoms with Gasteiger partial charge in [-0.3, -0.25) is 19.5 Å². The van der Waals surface area contributed by atoms with Crippen LogP contribution in [0.3, 0.4) is 0 Å². The van der Waals surface area contributed by atoms with Gasteiger partial charge in [0.15, 0.2) is 0 Å². The number of aryl methyl sites for hydroxylation is 2. The quantitative estimate of drug-likeness (QED) is 0.469. The molecule has 1 fully saturated rings. The van der Waals surface area contributed by atoms with Gasteiger partial charge in [-0.05, 0) is 62.1 Å². The fourth-order valence-electron chi connectivity index (χ4n) is 4.15. The van der Waals surface area contributed by atoms with Crippen LogP contribution in [0.4, 0.5) is 5.95 Å². The van der Waals surface area contributed by atoms with Gasteiger partial charge in [0, 0.05) is 42.0 Å². The van der Waals surface area contributed by atoms with Crippen LogP contribution >= 0.6 is 11.6 Å². The van der Waals surface area contributed by atoms with Crippen molar-refractivity contribution in [2.24, 2.45) is 0 Å². The Bertz CT molecular complexity index is 1200. The van der Waals surface area contributed by atoms with E-state index in [1.165, 1.54) is 5.56 Å². The Morgan fingerprint density at radius 1 is 1.17 bits per heavy atom. The molecule has 7 nitrogen and oxygen atoms in total. The van der Waals surface area contributed by atoms with Crippen molar-refractivity contribution in [2.45, 2.75) is 46.1 Å². The lowest BCUT2D eigenvalue weighted by molar-refractivity contribution is -0.135. The molecule has 0 saturated carbocycles. The summed E-state index contributed by atoms with van der Waals surface area (Å²) in [5.41, 5.74) is 4.79. The number of hydrogen-bond donors (Lipinski definition) is 1. The molecular formula is C27H31ClN4O3. The van der Waals surface area contributed by atoms with Gasteiger partial charge in [-0.15, -0.1) is 0 Å². The molecule has 1 aliphatic heterocycles. The predicted molar refractivity (Wildman–Crippen MR) is 138 cm³/mol. The second kappa shape index (κ2) is 11.1. The molecule has 184 valence electrons. The molecule has 2 heterocycles. The molecule has 0 spiro atoms. The second-order valence-corrected chi connectivity index (χ2v) is 9.34. The molecule has 0 radical (unpaired) electrons. The van der Waals surface area contributed by atoms with Gasteiger partial charge >= 0.3 is 0 Å². The molecule has 0 bridgehead atoms. The largest absolute Gasteiger partial charge is 0.376 e. The van der Waals surface area contributed by atoms with E-state index in [2.05, 4.69) is 18.3 Å². The highest BCUT2D eigenvalue weighted by Gasteiger charge is 2.24. The molecule has 0 unspecified atom stereocenters. The van der Waals surface area contributed by atoms with Crippen molar-refractivity contribution in [3.8, 4) is 16.9 Å². The Labute approximate surface area is 211 Å². The van der Waals surface area contributed by atoms with Crippen LogP contribution in [-0.2, 0) is 14.3 Å². The molecular weight excluding hydrogens is 464 g/mol. The van der Waals surface area contributed by atoms with Gasteiger partial charge in [0.1, 0.15) is 6.54 Å². The van der Waals surface area contributed by atoms with Crippen molar-refractivity contribution < 1.29 is 14.3 Å². The van der Waals surface area contributed by atoms with Crippen LogP contribution in [0, 0.1) is 13.8 Å². The SMILES string of the molecule is CCC(=O)N(CC(=O)Nc1nc(-c2ccc(Cl)cc2)cn1-c1ccc(C)c(C)c1)C[C@@H]1CCCO1. The molecule has 8 heteroatoms. The van der Waals surface area contributed by atoms with Crippen LogP contribution in [0.25, 0.3) is 16.9 Å². The fourth-order valence-corrected chi connectivity index (χ4v) is 4.28. The van der Waals surface area contributed by atoms with Gasteiger partial charge in [-0.2, -0.15) is 0 Å². The highest BCUT2D eigenvalue weighted by atomic mass is 35.5. The topological polar surface area (TPSA) is 76.5 Å². The summed E-state index contributed by atoms with van der Waals surface area (Å²) in [5.74, 6) is 0.0161. The lowest BCUT2D eigenvalue weighted by atomic mass is 10.1. The zero-order valence-electron chi connectivity index (χ0n) is 20.4. The van der Waals surface area contributed by atoms with Gasteiger partial charge in [0.2, 0.25) is 17.8 Å². The maximum absolute atomic E-state index is 13.1. The average Bonchev–Trinajstić information content (AvgIpc) is 3.50. The smallest absolute Gasteiger partial charge is 0.246 e. The number of hydrogen-bond acceptors (Lipinski definition) is 4. The molecule has 2 aromatic carbocycles. The predicted octanol–water partition coefficient (Wildman–Crippen LogP) is 5.17.